The van der Waals surface area contributed by atoms with Crippen LogP contribution in [0.15, 0.2) is 42.5 Å². The highest BCUT2D eigenvalue weighted by Gasteiger charge is 2.29. The third-order valence-corrected chi connectivity index (χ3v) is 6.87. The van der Waals surface area contributed by atoms with E-state index in [9.17, 15) is 31.2 Å². The van der Waals surface area contributed by atoms with Crippen molar-refractivity contribution >= 4 is 27.5 Å². The zero-order valence-corrected chi connectivity index (χ0v) is 22.3. The van der Waals surface area contributed by atoms with Gasteiger partial charge < -0.3 is 10.2 Å². The fourth-order valence-corrected chi connectivity index (χ4v) is 4.73. The average molecular weight is 542 g/mol. The maximum Gasteiger partial charge on any atom is 0.242 e. The van der Waals surface area contributed by atoms with Crippen LogP contribution in [0.4, 0.5) is 18.9 Å². The van der Waals surface area contributed by atoms with Crippen LogP contribution in [0.5, 0.6) is 0 Å². The predicted molar refractivity (Wildman–Crippen MR) is 137 cm³/mol. The van der Waals surface area contributed by atoms with Gasteiger partial charge in [0.2, 0.25) is 21.8 Å². The van der Waals surface area contributed by atoms with E-state index in [1.54, 1.807) is 6.92 Å². The van der Waals surface area contributed by atoms with Gasteiger partial charge in [-0.1, -0.05) is 32.9 Å². The Labute approximate surface area is 216 Å². The molecule has 0 aliphatic heterocycles. The first kappa shape index (κ1) is 30.1. The molecule has 7 nitrogen and oxygen atoms in total. The second kappa shape index (κ2) is 13.5. The lowest BCUT2D eigenvalue weighted by Crippen LogP contribution is -2.49. The summed E-state index contributed by atoms with van der Waals surface area (Å²) in [5, 5.41) is 2.84. The van der Waals surface area contributed by atoms with Gasteiger partial charge in [-0.25, -0.2) is 21.6 Å². The van der Waals surface area contributed by atoms with Gasteiger partial charge in [0.25, 0.3) is 0 Å². The summed E-state index contributed by atoms with van der Waals surface area (Å²) in [6.07, 6.45) is 1.23. The molecule has 11 heteroatoms. The SMILES string of the molecule is CC[C@@H](C(=O)NCC(C)C)N(Cc1ccc(F)cc1)C(=O)CCCN(c1ccc(F)c(F)c1)S(C)(=O)=O. The summed E-state index contributed by atoms with van der Waals surface area (Å²) in [4.78, 5) is 27.6. The number of benzene rings is 2. The second-order valence-electron chi connectivity index (χ2n) is 9.25. The Kier molecular flexibility index (Phi) is 11.0. The number of rotatable bonds is 13. The lowest BCUT2D eigenvalue weighted by Gasteiger charge is -2.31. The summed E-state index contributed by atoms with van der Waals surface area (Å²) in [7, 11) is -3.85. The molecule has 0 saturated heterocycles. The third-order valence-electron chi connectivity index (χ3n) is 5.68. The van der Waals surface area contributed by atoms with Gasteiger partial charge in [0.1, 0.15) is 11.9 Å². The van der Waals surface area contributed by atoms with Crippen LogP contribution in [0.3, 0.4) is 0 Å². The predicted octanol–water partition coefficient (Wildman–Crippen LogP) is 4.23. The molecule has 2 amide bonds. The van der Waals surface area contributed by atoms with Crippen molar-refractivity contribution in [2.24, 2.45) is 5.92 Å². The lowest BCUT2D eigenvalue weighted by atomic mass is 10.1. The van der Waals surface area contributed by atoms with Crippen LogP contribution in [0.25, 0.3) is 0 Å². The zero-order valence-electron chi connectivity index (χ0n) is 21.5. The van der Waals surface area contributed by atoms with Gasteiger partial charge >= 0.3 is 0 Å². The van der Waals surface area contributed by atoms with Crippen molar-refractivity contribution in [3.63, 3.8) is 0 Å². The van der Waals surface area contributed by atoms with Crippen molar-refractivity contribution < 1.29 is 31.2 Å². The van der Waals surface area contributed by atoms with Crippen LogP contribution in [-0.2, 0) is 26.2 Å². The maximum absolute atomic E-state index is 13.7. The molecule has 0 heterocycles. The number of halogens is 3. The van der Waals surface area contributed by atoms with Gasteiger partial charge in [0, 0.05) is 32.1 Å². The third kappa shape index (κ3) is 9.07. The maximum atomic E-state index is 13.7. The van der Waals surface area contributed by atoms with E-state index >= 15 is 0 Å². The van der Waals surface area contributed by atoms with E-state index in [-0.39, 0.29) is 43.4 Å². The van der Waals surface area contributed by atoms with Crippen LogP contribution < -0.4 is 9.62 Å². The van der Waals surface area contributed by atoms with Crippen LogP contribution in [0.1, 0.15) is 45.6 Å². The van der Waals surface area contributed by atoms with Crippen molar-refractivity contribution in [1.29, 1.82) is 0 Å². The van der Waals surface area contributed by atoms with Crippen LogP contribution >= 0.6 is 0 Å². The van der Waals surface area contributed by atoms with Crippen molar-refractivity contribution in [2.75, 3.05) is 23.7 Å². The average Bonchev–Trinajstić information content (AvgIpc) is 2.82. The molecular weight excluding hydrogens is 507 g/mol. The fraction of sp³-hybridized carbons (Fsp3) is 0.462. The van der Waals surface area contributed by atoms with E-state index in [2.05, 4.69) is 5.32 Å². The van der Waals surface area contributed by atoms with Gasteiger partial charge in [-0.15, -0.1) is 0 Å². The molecule has 1 N–H and O–H groups in total. The molecule has 0 bridgehead atoms. The molecule has 0 aromatic heterocycles. The number of hydrogen-bond donors (Lipinski definition) is 1. The molecule has 0 fully saturated rings. The Morgan fingerprint density at radius 3 is 2.19 bits per heavy atom. The Balaban J connectivity index is 2.22. The highest BCUT2D eigenvalue weighted by atomic mass is 32.2. The standard InChI is InChI=1S/C26H34F3N3O4S/c1-5-24(26(34)30-16-18(2)3)31(17-19-8-10-20(27)11-9-19)25(33)7-6-14-32(37(4,35)36)21-12-13-22(28)23(29)15-21/h8-13,15,18,24H,5-7,14,16-17H2,1-4H3,(H,30,34)/t24-/m0/s1. The second-order valence-corrected chi connectivity index (χ2v) is 11.2. The molecule has 204 valence electrons. The summed E-state index contributed by atoms with van der Waals surface area (Å²) in [6.45, 7) is 6.01. The number of nitrogens with zero attached hydrogens (tertiary/aromatic N) is 2. The zero-order chi connectivity index (χ0) is 27.8. The van der Waals surface area contributed by atoms with Crippen LogP contribution in [0, 0.1) is 23.4 Å². The number of sulfonamides is 1. The van der Waals surface area contributed by atoms with Gasteiger partial charge in [-0.05, 0) is 48.6 Å². The largest absolute Gasteiger partial charge is 0.354 e. The lowest BCUT2D eigenvalue weighted by molar-refractivity contribution is -0.141. The number of anilines is 1. The molecule has 0 aliphatic carbocycles. The van der Waals surface area contributed by atoms with Gasteiger partial charge in [0.05, 0.1) is 11.9 Å². The molecule has 0 aliphatic rings. The number of hydrogen-bond acceptors (Lipinski definition) is 4. The smallest absolute Gasteiger partial charge is 0.242 e. The first-order valence-corrected chi connectivity index (χ1v) is 13.9. The molecule has 2 aromatic rings. The molecule has 0 radical (unpaired) electrons. The molecule has 1 atom stereocenters. The quantitative estimate of drug-likeness (QED) is 0.411. The van der Waals surface area contributed by atoms with Crippen LogP contribution in [-0.4, -0.2) is 50.5 Å². The summed E-state index contributed by atoms with van der Waals surface area (Å²) >= 11 is 0. The minimum Gasteiger partial charge on any atom is -0.354 e. The van der Waals surface area contributed by atoms with Gasteiger partial charge in [-0.3, -0.25) is 13.9 Å². The monoisotopic (exact) mass is 541 g/mol. The van der Waals surface area contributed by atoms with Crippen LogP contribution in [0.2, 0.25) is 0 Å². The Morgan fingerprint density at radius 2 is 1.65 bits per heavy atom. The van der Waals surface area contributed by atoms with E-state index < -0.39 is 39.4 Å². The first-order valence-electron chi connectivity index (χ1n) is 12.1. The summed E-state index contributed by atoms with van der Waals surface area (Å²) in [5.41, 5.74) is 0.570. The van der Waals surface area contributed by atoms with E-state index in [4.69, 9.17) is 0 Å². The van der Waals surface area contributed by atoms with Gasteiger partial charge in [0.15, 0.2) is 11.6 Å². The minimum absolute atomic E-state index is 0.0588. The van der Waals surface area contributed by atoms with E-state index in [0.29, 0.717) is 18.5 Å². The topological polar surface area (TPSA) is 86.8 Å². The van der Waals surface area contributed by atoms with Crippen molar-refractivity contribution in [1.82, 2.24) is 10.2 Å². The highest BCUT2D eigenvalue weighted by Crippen LogP contribution is 2.22. The van der Waals surface area contributed by atoms with E-state index in [0.717, 1.165) is 28.8 Å². The molecule has 2 aromatic carbocycles. The van der Waals surface area contributed by atoms with E-state index in [1.165, 1.54) is 29.2 Å². The normalized spacial score (nSPS) is 12.3. The van der Waals surface area contributed by atoms with Crippen molar-refractivity contribution in [3.8, 4) is 0 Å². The Hall–Kier alpha value is -3.08. The summed E-state index contributed by atoms with van der Waals surface area (Å²) < 4.78 is 66.0. The van der Waals surface area contributed by atoms with Crippen molar-refractivity contribution in [3.05, 3.63) is 65.5 Å². The Morgan fingerprint density at radius 1 is 1.00 bits per heavy atom. The number of nitrogens with one attached hydrogen (secondary N) is 1. The molecule has 0 saturated carbocycles. The minimum atomic E-state index is -3.85. The van der Waals surface area contributed by atoms with Crippen molar-refractivity contribution in [2.45, 2.75) is 52.6 Å². The number of amides is 2. The molecule has 0 unspecified atom stereocenters. The molecule has 37 heavy (non-hydrogen) atoms. The first-order chi connectivity index (χ1) is 17.3. The summed E-state index contributed by atoms with van der Waals surface area (Å²) in [5.74, 6) is -3.22. The number of carbonyl (C=O) groups is 2. The summed E-state index contributed by atoms with van der Waals surface area (Å²) in [6, 6.07) is 7.58. The number of carbonyl (C=O) groups excluding carboxylic acids is 2. The van der Waals surface area contributed by atoms with E-state index in [1.807, 2.05) is 13.8 Å². The van der Waals surface area contributed by atoms with Gasteiger partial charge in [-0.2, -0.15) is 0 Å². The molecular formula is C26H34F3N3O4S. The molecule has 0 spiro atoms. The Bertz CT molecular complexity index is 1170. The fourth-order valence-electron chi connectivity index (χ4n) is 3.77. The molecule has 2 rings (SSSR count). The highest BCUT2D eigenvalue weighted by molar-refractivity contribution is 7.92.